The Bertz CT molecular complexity index is 2570. The average Bonchev–Trinajstić information content (AvgIpc) is 3.56. The minimum Gasteiger partial charge on any atom is -0.870 e. The number of carbonyl (C=O) groups is 4. The van der Waals surface area contributed by atoms with Crippen LogP contribution in [0.1, 0.15) is 111 Å². The van der Waals surface area contributed by atoms with Crippen molar-refractivity contribution in [2.24, 2.45) is 16.0 Å². The van der Waals surface area contributed by atoms with Gasteiger partial charge in [-0.1, -0.05) is 97.4 Å². The molecule has 2 radical (unpaired) electrons. The van der Waals surface area contributed by atoms with Gasteiger partial charge in [-0.25, -0.2) is 0 Å². The minimum absolute atomic E-state index is 0. The van der Waals surface area contributed by atoms with Gasteiger partial charge in [0, 0.05) is 87.0 Å². The number of aliphatic carboxylic acids is 1. The Morgan fingerprint density at radius 1 is 0.679 bits per heavy atom. The molecule has 4 aromatic carbocycles. The number of nitrogens with zero attached hydrogens (tertiary/aromatic N) is 3. The predicted molar refractivity (Wildman–Crippen MR) is 322 cm³/mol. The zero-order valence-electron chi connectivity index (χ0n) is 45.6. The van der Waals surface area contributed by atoms with Crippen LogP contribution in [0.4, 0.5) is 11.4 Å². The van der Waals surface area contributed by atoms with Crippen molar-refractivity contribution in [3.8, 4) is 23.0 Å². The number of oxime groups is 1. The molecule has 0 spiro atoms. The summed E-state index contributed by atoms with van der Waals surface area (Å²) >= 11 is 12.7. The Kier molecular flexibility index (Phi) is 42.9. The maximum absolute atomic E-state index is 13.8. The Hall–Kier alpha value is -4.47. The number of amides is 2. The molecule has 0 aromatic heterocycles. The number of ether oxygens (including phenoxy) is 7. The fraction of sp³-hybridized carbons (Fsp3) is 0.473. The van der Waals surface area contributed by atoms with E-state index in [1.165, 1.54) is 39.6 Å². The Morgan fingerprint density at radius 2 is 1.04 bits per heavy atom. The average molecular weight is 1230 g/mol. The van der Waals surface area contributed by atoms with E-state index in [9.17, 15) is 34.5 Å². The summed E-state index contributed by atoms with van der Waals surface area (Å²) in [5.41, 5.74) is 2.20. The van der Waals surface area contributed by atoms with Gasteiger partial charge in [0.2, 0.25) is 0 Å². The van der Waals surface area contributed by atoms with Gasteiger partial charge in [0.05, 0.1) is 47.9 Å². The second-order valence-electron chi connectivity index (χ2n) is 18.1. The summed E-state index contributed by atoms with van der Waals surface area (Å²) in [5.74, 6) is -0.834. The fourth-order valence-electron chi connectivity index (χ4n) is 7.94. The van der Waals surface area contributed by atoms with Gasteiger partial charge in [-0.3, -0.25) is 19.2 Å². The number of fused-ring (bicyclic) bond motifs is 2. The zero-order chi connectivity index (χ0) is 55.5. The molecule has 81 heavy (non-hydrogen) atoms. The molecule has 26 heteroatoms. The third kappa shape index (κ3) is 22.9. The molecule has 0 aliphatic carbocycles. The summed E-state index contributed by atoms with van der Waals surface area (Å²) < 4.78 is 39.8. The van der Waals surface area contributed by atoms with Crippen LogP contribution in [-0.2, 0) is 33.4 Å². The van der Waals surface area contributed by atoms with Crippen LogP contribution in [0.25, 0.3) is 0 Å². The number of benzene rings is 4. The van der Waals surface area contributed by atoms with Crippen molar-refractivity contribution in [2.45, 2.75) is 101 Å². The molecule has 0 saturated carbocycles. The van der Waals surface area contributed by atoms with E-state index in [4.69, 9.17) is 66.6 Å². The minimum atomic E-state index is -1.27. The second-order valence-corrected chi connectivity index (χ2v) is 18.9. The van der Waals surface area contributed by atoms with Crippen molar-refractivity contribution < 1.29 is 113 Å². The first kappa shape index (κ1) is 85.3. The van der Waals surface area contributed by atoms with Crippen LogP contribution in [0.3, 0.4) is 0 Å². The molecule has 2 aliphatic heterocycles. The molecule has 0 fully saturated rings. The molecule has 4 aromatic rings. The molecule has 20 nitrogen and oxygen atoms in total. The molecule has 6 N–H and O–H groups in total. The Balaban J connectivity index is -0.000000402. The maximum Gasteiger partial charge on any atom is 1.00 e. The number of aliphatic hydroxyl groups is 2. The molecule has 0 bridgehead atoms. The number of anilines is 2. The summed E-state index contributed by atoms with van der Waals surface area (Å²) in [4.78, 5) is 54.4. The van der Waals surface area contributed by atoms with E-state index in [1.54, 1.807) is 85.5 Å². The van der Waals surface area contributed by atoms with E-state index >= 15 is 0 Å². The quantitative estimate of drug-likeness (QED) is 0.0254. The van der Waals surface area contributed by atoms with Crippen molar-refractivity contribution in [3.05, 3.63) is 105 Å². The molecular weight excluding hydrogens is 1140 g/mol. The number of rotatable bonds is 17. The molecule has 0 saturated heterocycles. The number of hydrogen-bond acceptors (Lipinski definition) is 17. The van der Waals surface area contributed by atoms with Gasteiger partial charge < -0.3 is 74.0 Å². The van der Waals surface area contributed by atoms with Gasteiger partial charge in [-0.05, 0) is 62.4 Å². The molecule has 4 atom stereocenters. The Labute approximate surface area is 525 Å². The first-order valence-corrected chi connectivity index (χ1v) is 23.9. The van der Waals surface area contributed by atoms with Crippen LogP contribution < -0.4 is 58.3 Å². The van der Waals surface area contributed by atoms with Gasteiger partial charge in [0.1, 0.15) is 24.4 Å². The number of halogens is 2. The topological polar surface area (TPSA) is 283 Å². The summed E-state index contributed by atoms with van der Waals surface area (Å²) in [6.07, 6.45) is -3.58. The van der Waals surface area contributed by atoms with E-state index in [0.29, 0.717) is 66.7 Å². The molecule has 2 amide bonds. The van der Waals surface area contributed by atoms with Crippen molar-refractivity contribution in [2.75, 3.05) is 71.1 Å². The number of carbonyl (C=O) groups excluding carboxylic acids is 3. The largest absolute Gasteiger partial charge is 1.00 e. The van der Waals surface area contributed by atoms with Gasteiger partial charge in [0.15, 0.2) is 23.0 Å². The molecular formula is C55H83BCl2N3NaO17S2. The number of hydrogen-bond donors (Lipinski definition) is 5. The van der Waals surface area contributed by atoms with Crippen LogP contribution in [0.5, 0.6) is 23.0 Å². The van der Waals surface area contributed by atoms with Crippen LogP contribution in [0, 0.1) is 10.8 Å². The van der Waals surface area contributed by atoms with Gasteiger partial charge in [-0.2, -0.15) is 27.0 Å². The monoisotopic (exact) mass is 1230 g/mol. The summed E-state index contributed by atoms with van der Waals surface area (Å²) in [6.45, 7) is 10.9. The first-order valence-electron chi connectivity index (χ1n) is 23.1. The molecule has 0 unspecified atom stereocenters. The number of para-hydroxylation sites is 2. The van der Waals surface area contributed by atoms with E-state index < -0.39 is 65.4 Å². The van der Waals surface area contributed by atoms with E-state index in [1.807, 2.05) is 33.8 Å². The second kappa shape index (κ2) is 40.7. The van der Waals surface area contributed by atoms with Gasteiger partial charge in [0.25, 0.3) is 19.9 Å². The van der Waals surface area contributed by atoms with E-state index in [0.717, 1.165) is 0 Å². The molecule has 6 rings (SSSR count). The smallest absolute Gasteiger partial charge is 0.870 e. The van der Waals surface area contributed by atoms with Crippen LogP contribution in [0.2, 0.25) is 10.0 Å². The third-order valence-electron chi connectivity index (χ3n) is 11.4. The standard InChI is InChI=1S/C26H32ClNO7.C24H28ClNO7.C2H5NO.3CH4.BHO.Na.H2O.2H2S/c1-6-34-22(30)13-21-25(31)28(14-26(2,3)15-29)19-11-10-16(27)12-18(19)23(35-21)17-8-7-9-20(32-4)24(17)33-5;1-24(2,13-27)12-26-17-9-8-14(25)10-16(17)21(33-19(23(26)30)11-20(28)29)15-6-5-7-18(31-3)22(15)32-4;1-2-3-4;;;;1-2;;;;/h7-12,21,23,29H,6,13-15H2,1-5H3;5-10,19,21,27H,11-13H2,1-4H3,(H,28,29);2,4H,1H3;3*1H4;2H;;3*1H2/q;;;;;;;+1;;;/p-1/b;;3-2+;;;;;;;;/t21-,23-;19-,21-;;;;;;;;;/m11........./s1. The van der Waals surface area contributed by atoms with Crippen LogP contribution in [0.15, 0.2) is 78.0 Å². The SMILES string of the molecule is C.C.C.C/C=N/O.CCOC(=O)C[C@H]1O[C@H](c2cccc(OC)c2OC)c2cc(Cl)ccc2N(CC(C)(C)CO)C1=O.COc1cccc([C@H]2O[C@H](CC(=O)O)C(=O)N(CC(C)(C)CO)c3ccc(Cl)cc32)c1OC.S.S.[B]O.[Na+].[OH-]. The van der Waals surface area contributed by atoms with Crippen molar-refractivity contribution in [1.29, 1.82) is 0 Å². The molecule has 2 heterocycles. The van der Waals surface area contributed by atoms with Crippen molar-refractivity contribution in [1.82, 2.24) is 0 Å². The zero-order valence-corrected chi connectivity index (χ0v) is 51.1. The van der Waals surface area contributed by atoms with E-state index in [2.05, 4.69) is 13.2 Å². The Morgan fingerprint density at radius 3 is 1.33 bits per heavy atom. The van der Waals surface area contributed by atoms with Gasteiger partial charge in [-0.15, -0.1) is 5.16 Å². The number of carboxylic acid groups (broad SMARTS) is 1. The van der Waals surface area contributed by atoms with Crippen LogP contribution in [-0.4, -0.2) is 143 Å². The number of aliphatic hydroxyl groups excluding tert-OH is 2. The normalized spacial score (nSPS) is 15.8. The number of esters is 1. The summed E-state index contributed by atoms with van der Waals surface area (Å²) in [5, 5.41) is 46.7. The van der Waals surface area contributed by atoms with Crippen molar-refractivity contribution >= 4 is 99.6 Å². The number of carboxylic acids is 1. The summed E-state index contributed by atoms with van der Waals surface area (Å²) in [6, 6.07) is 20.9. The third-order valence-corrected chi connectivity index (χ3v) is 11.9. The van der Waals surface area contributed by atoms with E-state index in [-0.39, 0.29) is 124 Å². The molecule has 2 aliphatic rings. The molecule has 450 valence electrons. The predicted octanol–water partition coefficient (Wildman–Crippen LogP) is 6.31. The fourth-order valence-corrected chi connectivity index (χ4v) is 8.30. The number of methoxy groups -OCH3 is 4. The van der Waals surface area contributed by atoms with Crippen LogP contribution >= 0.6 is 50.2 Å². The van der Waals surface area contributed by atoms with Gasteiger partial charge >= 0.3 is 41.5 Å². The maximum atomic E-state index is 13.8. The summed E-state index contributed by atoms with van der Waals surface area (Å²) in [7, 11) is 9.56. The van der Waals surface area contributed by atoms with Crippen molar-refractivity contribution in [3.63, 3.8) is 0 Å². The first-order chi connectivity index (χ1) is 35.2.